The zero-order valence-corrected chi connectivity index (χ0v) is 13.1. The number of amides is 1. The quantitative estimate of drug-likeness (QED) is 0.820. The highest BCUT2D eigenvalue weighted by atomic mass is 79.9. The third-order valence-corrected chi connectivity index (χ3v) is 3.62. The average Bonchev–Trinajstić information content (AvgIpc) is 2.46. The van der Waals surface area contributed by atoms with Crippen molar-refractivity contribution in [3.8, 4) is 0 Å². The van der Waals surface area contributed by atoms with Gasteiger partial charge in [-0.3, -0.25) is 9.69 Å². The summed E-state index contributed by atoms with van der Waals surface area (Å²) in [6.45, 7) is 3.67. The van der Waals surface area contributed by atoms with E-state index in [-0.39, 0.29) is 5.91 Å². The van der Waals surface area contributed by atoms with Crippen LogP contribution in [0.1, 0.15) is 15.9 Å². The minimum atomic E-state index is -0.207. The van der Waals surface area contributed by atoms with Gasteiger partial charge < -0.3 is 0 Å². The van der Waals surface area contributed by atoms with E-state index in [1.807, 2.05) is 6.07 Å². The topological polar surface area (TPSA) is 33.2 Å². The molecule has 0 bridgehead atoms. The van der Waals surface area contributed by atoms with E-state index in [9.17, 15) is 4.79 Å². The molecule has 0 unspecified atom stereocenters. The van der Waals surface area contributed by atoms with Crippen LogP contribution < -0.4 is 4.90 Å². The molecule has 20 heavy (non-hydrogen) atoms. The first-order valence-corrected chi connectivity index (χ1v) is 7.01. The molecule has 102 valence electrons. The van der Waals surface area contributed by atoms with Crippen molar-refractivity contribution in [3.05, 3.63) is 63.7 Å². The molecule has 0 spiro atoms. The van der Waals surface area contributed by atoms with Crippen molar-refractivity contribution in [2.75, 3.05) is 11.9 Å². The number of hydrogen-bond donors (Lipinski definition) is 0. The molecule has 0 saturated carbocycles. The molecule has 1 aromatic heterocycles. The summed E-state index contributed by atoms with van der Waals surface area (Å²) in [4.78, 5) is 18.1. The molecule has 1 amide bonds. The third kappa shape index (κ3) is 3.08. The van der Waals surface area contributed by atoms with Crippen LogP contribution in [0.15, 0.2) is 47.6 Å². The molecule has 3 nitrogen and oxygen atoms in total. The molecule has 1 heterocycles. The van der Waals surface area contributed by atoms with Gasteiger partial charge in [-0.15, -0.1) is 0 Å². The Morgan fingerprint density at radius 3 is 2.70 bits per heavy atom. The summed E-state index contributed by atoms with van der Waals surface area (Å²) in [6.07, 6.45) is 3.36. The number of benzene rings is 1. The summed E-state index contributed by atoms with van der Waals surface area (Å²) >= 11 is 9.40. The Morgan fingerprint density at radius 1 is 1.40 bits per heavy atom. The Hall–Kier alpha value is -1.65. The highest BCUT2D eigenvalue weighted by molar-refractivity contribution is 9.10. The van der Waals surface area contributed by atoms with Crippen LogP contribution in [0.4, 0.5) is 5.82 Å². The zero-order chi connectivity index (χ0) is 14.7. The Balaban J connectivity index is 2.29. The van der Waals surface area contributed by atoms with E-state index in [1.165, 1.54) is 4.90 Å². The van der Waals surface area contributed by atoms with Crippen molar-refractivity contribution < 1.29 is 4.79 Å². The molecular formula is C15H12BrClN2O. The van der Waals surface area contributed by atoms with Crippen LogP contribution >= 0.6 is 27.5 Å². The highest BCUT2D eigenvalue weighted by Gasteiger charge is 2.17. The molecule has 0 aliphatic heterocycles. The fourth-order valence-corrected chi connectivity index (χ4v) is 2.42. The van der Waals surface area contributed by atoms with Crippen molar-refractivity contribution in [1.82, 2.24) is 4.98 Å². The Morgan fingerprint density at radius 2 is 2.15 bits per heavy atom. The fraction of sp³-hybridized carbons (Fsp3) is 0.0667. The maximum absolute atomic E-state index is 12.4. The van der Waals surface area contributed by atoms with E-state index < -0.39 is 0 Å². The van der Waals surface area contributed by atoms with Crippen molar-refractivity contribution in [1.29, 1.82) is 0 Å². The van der Waals surface area contributed by atoms with Crippen LogP contribution in [0.25, 0.3) is 6.08 Å². The van der Waals surface area contributed by atoms with Crippen LogP contribution in [-0.2, 0) is 0 Å². The van der Waals surface area contributed by atoms with Crippen LogP contribution in [-0.4, -0.2) is 17.9 Å². The van der Waals surface area contributed by atoms with Crippen LogP contribution in [0.2, 0.25) is 5.02 Å². The molecule has 5 heteroatoms. The largest absolute Gasteiger partial charge is 0.296 e. The number of hydrogen-bond acceptors (Lipinski definition) is 2. The number of pyridine rings is 1. The summed E-state index contributed by atoms with van der Waals surface area (Å²) < 4.78 is 0.829. The molecule has 0 atom stereocenters. The van der Waals surface area contributed by atoms with Crippen LogP contribution in [0.5, 0.6) is 0 Å². The number of rotatable bonds is 3. The molecular weight excluding hydrogens is 340 g/mol. The summed E-state index contributed by atoms with van der Waals surface area (Å²) in [7, 11) is 1.66. The van der Waals surface area contributed by atoms with E-state index in [4.69, 9.17) is 11.6 Å². The molecule has 0 saturated heterocycles. The van der Waals surface area contributed by atoms with E-state index in [0.29, 0.717) is 16.4 Å². The predicted molar refractivity (Wildman–Crippen MR) is 86.2 cm³/mol. The lowest BCUT2D eigenvalue weighted by Crippen LogP contribution is -2.27. The molecule has 2 aromatic rings. The molecule has 0 aliphatic rings. The summed E-state index contributed by atoms with van der Waals surface area (Å²) in [5.41, 5.74) is 1.34. The summed E-state index contributed by atoms with van der Waals surface area (Å²) in [6, 6.07) is 8.77. The van der Waals surface area contributed by atoms with Gasteiger partial charge >= 0.3 is 0 Å². The van der Waals surface area contributed by atoms with Crippen molar-refractivity contribution in [2.45, 2.75) is 0 Å². The molecule has 2 rings (SSSR count). The SMILES string of the molecule is C=Cc1ccc(N(C)C(=O)c2ccc(Br)cc2Cl)nc1. The van der Waals surface area contributed by atoms with E-state index in [0.717, 1.165) is 10.0 Å². The lowest BCUT2D eigenvalue weighted by atomic mass is 10.2. The summed E-state index contributed by atoms with van der Waals surface area (Å²) in [5, 5.41) is 0.402. The van der Waals surface area contributed by atoms with Gasteiger partial charge in [-0.05, 0) is 35.9 Å². The lowest BCUT2D eigenvalue weighted by Gasteiger charge is -2.17. The first kappa shape index (κ1) is 14.8. The third-order valence-electron chi connectivity index (χ3n) is 2.82. The lowest BCUT2D eigenvalue weighted by molar-refractivity contribution is 0.0992. The van der Waals surface area contributed by atoms with Crippen molar-refractivity contribution >= 4 is 45.3 Å². The smallest absolute Gasteiger partial charge is 0.260 e. The molecule has 0 N–H and O–H groups in total. The maximum atomic E-state index is 12.4. The monoisotopic (exact) mass is 350 g/mol. The Bertz CT molecular complexity index is 655. The minimum absolute atomic E-state index is 0.207. The first-order chi connectivity index (χ1) is 9.52. The van der Waals surface area contributed by atoms with Crippen LogP contribution in [0, 0.1) is 0 Å². The minimum Gasteiger partial charge on any atom is -0.296 e. The number of anilines is 1. The van der Waals surface area contributed by atoms with Crippen molar-refractivity contribution in [2.24, 2.45) is 0 Å². The standard InChI is InChI=1S/C15H12BrClN2O/c1-3-10-4-7-14(18-9-10)19(2)15(20)12-6-5-11(16)8-13(12)17/h3-9H,1H2,2H3. The van der Waals surface area contributed by atoms with Gasteiger partial charge in [0.05, 0.1) is 10.6 Å². The number of aromatic nitrogens is 1. The Labute approximate surface area is 131 Å². The number of carbonyl (C=O) groups is 1. The second-order valence-electron chi connectivity index (χ2n) is 4.14. The second kappa shape index (κ2) is 6.20. The van der Waals surface area contributed by atoms with Gasteiger partial charge in [0, 0.05) is 17.7 Å². The molecule has 0 aliphatic carbocycles. The fourth-order valence-electron chi connectivity index (χ4n) is 1.66. The maximum Gasteiger partial charge on any atom is 0.260 e. The Kier molecular flexibility index (Phi) is 4.57. The predicted octanol–water partition coefficient (Wildman–Crippen LogP) is 4.42. The molecule has 0 fully saturated rings. The van der Waals surface area contributed by atoms with Crippen molar-refractivity contribution in [3.63, 3.8) is 0 Å². The molecule has 1 aromatic carbocycles. The number of carbonyl (C=O) groups excluding carboxylic acids is 1. The van der Waals surface area contributed by atoms with Gasteiger partial charge in [-0.2, -0.15) is 0 Å². The number of halogens is 2. The van der Waals surface area contributed by atoms with Gasteiger partial charge in [-0.1, -0.05) is 40.2 Å². The van der Waals surface area contributed by atoms with Gasteiger partial charge in [0.25, 0.3) is 5.91 Å². The van der Waals surface area contributed by atoms with Gasteiger partial charge in [0.1, 0.15) is 5.82 Å². The van der Waals surface area contributed by atoms with Gasteiger partial charge in [0.2, 0.25) is 0 Å². The van der Waals surface area contributed by atoms with Gasteiger partial charge in [-0.25, -0.2) is 4.98 Å². The van der Waals surface area contributed by atoms with E-state index in [1.54, 1.807) is 43.6 Å². The number of nitrogens with zero attached hydrogens (tertiary/aromatic N) is 2. The zero-order valence-electron chi connectivity index (χ0n) is 10.8. The molecule has 0 radical (unpaired) electrons. The average molecular weight is 352 g/mol. The second-order valence-corrected chi connectivity index (χ2v) is 5.47. The highest BCUT2D eigenvalue weighted by Crippen LogP contribution is 2.23. The normalized spacial score (nSPS) is 10.2. The summed E-state index contributed by atoms with van der Waals surface area (Å²) in [5.74, 6) is 0.348. The van der Waals surface area contributed by atoms with E-state index in [2.05, 4.69) is 27.5 Å². The van der Waals surface area contributed by atoms with Crippen LogP contribution in [0.3, 0.4) is 0 Å². The van der Waals surface area contributed by atoms with E-state index >= 15 is 0 Å². The van der Waals surface area contributed by atoms with Gasteiger partial charge in [0.15, 0.2) is 0 Å². The first-order valence-electron chi connectivity index (χ1n) is 5.84.